The van der Waals surface area contributed by atoms with Crippen LogP contribution in [0.2, 0.25) is 0 Å². The van der Waals surface area contributed by atoms with Gasteiger partial charge in [-0.3, -0.25) is 4.79 Å². The molecule has 0 aromatic carbocycles. The van der Waals surface area contributed by atoms with Crippen molar-refractivity contribution in [3.8, 4) is 0 Å². The lowest BCUT2D eigenvalue weighted by atomic mass is 9.97. The zero-order chi connectivity index (χ0) is 11.0. The van der Waals surface area contributed by atoms with Gasteiger partial charge >= 0.3 is 0 Å². The van der Waals surface area contributed by atoms with Crippen molar-refractivity contribution in [2.75, 3.05) is 13.3 Å². The van der Waals surface area contributed by atoms with E-state index in [1.54, 1.807) is 7.05 Å². The molecule has 0 aliphatic heterocycles. The molecule has 1 fully saturated rings. The summed E-state index contributed by atoms with van der Waals surface area (Å²) >= 11 is 0. The summed E-state index contributed by atoms with van der Waals surface area (Å²) in [5, 5.41) is 2.10. The Morgan fingerprint density at radius 3 is 2.43 bits per heavy atom. The van der Waals surface area contributed by atoms with Crippen LogP contribution in [0.15, 0.2) is 0 Å². The van der Waals surface area contributed by atoms with Crippen LogP contribution in [0.4, 0.5) is 0 Å². The molecule has 1 rings (SSSR count). The monoisotopic (exact) mass is 220 g/mol. The molecular weight excluding hydrogens is 204 g/mol. The third-order valence-electron chi connectivity index (χ3n) is 2.99. The van der Waals surface area contributed by atoms with E-state index in [-0.39, 0.29) is 0 Å². The molecule has 1 saturated carbocycles. The molecule has 2 atom stereocenters. The summed E-state index contributed by atoms with van der Waals surface area (Å²) in [5.74, 6) is -0.576. The van der Waals surface area contributed by atoms with E-state index in [9.17, 15) is 13.2 Å². The van der Waals surface area contributed by atoms with Gasteiger partial charge in [-0.2, -0.15) is 0 Å². The summed E-state index contributed by atoms with van der Waals surface area (Å²) in [4.78, 5) is 11.3. The number of primary amides is 1. The Labute approximate surface area is 84.0 Å². The predicted molar refractivity (Wildman–Crippen MR) is 53.5 cm³/mol. The smallest absolute Gasteiger partial charge is 0.239 e. The average Bonchev–Trinajstić information content (AvgIpc) is 2.47. The van der Waals surface area contributed by atoms with Crippen molar-refractivity contribution in [3.05, 3.63) is 0 Å². The van der Waals surface area contributed by atoms with Crippen molar-refractivity contribution in [3.63, 3.8) is 0 Å². The van der Waals surface area contributed by atoms with Gasteiger partial charge in [0, 0.05) is 6.26 Å². The van der Waals surface area contributed by atoms with Gasteiger partial charge in [-0.25, -0.2) is 8.42 Å². The second kappa shape index (κ2) is 3.51. The highest BCUT2D eigenvalue weighted by atomic mass is 32.2. The molecule has 2 unspecified atom stereocenters. The Balaban J connectivity index is 3.14. The SMILES string of the molecule is CNC1(C(N)=O)CCCC1S(C)(=O)=O. The van der Waals surface area contributed by atoms with Crippen LogP contribution in [0, 0.1) is 0 Å². The molecule has 82 valence electrons. The molecule has 0 aromatic rings. The minimum atomic E-state index is -3.23. The molecule has 1 aliphatic rings. The van der Waals surface area contributed by atoms with Crippen LogP contribution < -0.4 is 11.1 Å². The van der Waals surface area contributed by atoms with Gasteiger partial charge in [-0.15, -0.1) is 0 Å². The van der Waals surface area contributed by atoms with Gasteiger partial charge in [0.15, 0.2) is 9.84 Å². The van der Waals surface area contributed by atoms with Crippen LogP contribution in [0.3, 0.4) is 0 Å². The minimum absolute atomic E-state index is 0.497. The van der Waals surface area contributed by atoms with E-state index in [0.29, 0.717) is 19.3 Å². The molecule has 0 aromatic heterocycles. The molecule has 6 heteroatoms. The van der Waals surface area contributed by atoms with E-state index < -0.39 is 26.5 Å². The van der Waals surface area contributed by atoms with E-state index in [4.69, 9.17) is 5.73 Å². The van der Waals surface area contributed by atoms with E-state index in [0.717, 1.165) is 6.26 Å². The fraction of sp³-hybridized carbons (Fsp3) is 0.875. The molecule has 3 N–H and O–H groups in total. The molecule has 1 aliphatic carbocycles. The number of carbonyl (C=O) groups excluding carboxylic acids is 1. The van der Waals surface area contributed by atoms with E-state index in [1.807, 2.05) is 0 Å². The normalized spacial score (nSPS) is 33.1. The van der Waals surface area contributed by atoms with Crippen molar-refractivity contribution in [1.29, 1.82) is 0 Å². The molecule has 0 spiro atoms. The maximum Gasteiger partial charge on any atom is 0.239 e. The van der Waals surface area contributed by atoms with Crippen LogP contribution in [0.25, 0.3) is 0 Å². The second-order valence-electron chi connectivity index (χ2n) is 3.80. The van der Waals surface area contributed by atoms with E-state index in [2.05, 4.69) is 5.32 Å². The average molecular weight is 220 g/mol. The Morgan fingerprint density at radius 2 is 2.14 bits per heavy atom. The lowest BCUT2D eigenvalue weighted by molar-refractivity contribution is -0.123. The van der Waals surface area contributed by atoms with E-state index in [1.165, 1.54) is 0 Å². The van der Waals surface area contributed by atoms with E-state index >= 15 is 0 Å². The number of hydrogen-bond acceptors (Lipinski definition) is 4. The van der Waals surface area contributed by atoms with Gasteiger partial charge in [0.05, 0.1) is 5.25 Å². The third kappa shape index (κ3) is 1.64. The number of rotatable bonds is 3. The first-order valence-corrected chi connectivity index (χ1v) is 6.48. The maximum absolute atomic E-state index is 11.5. The lowest BCUT2D eigenvalue weighted by Gasteiger charge is -2.30. The Kier molecular flexibility index (Phi) is 2.87. The largest absolute Gasteiger partial charge is 0.368 e. The number of sulfone groups is 1. The van der Waals surface area contributed by atoms with Gasteiger partial charge in [-0.1, -0.05) is 0 Å². The Bertz CT molecular complexity index is 338. The molecule has 0 saturated heterocycles. The van der Waals surface area contributed by atoms with Gasteiger partial charge in [0.1, 0.15) is 5.54 Å². The van der Waals surface area contributed by atoms with Crippen molar-refractivity contribution < 1.29 is 13.2 Å². The van der Waals surface area contributed by atoms with Crippen molar-refractivity contribution in [1.82, 2.24) is 5.32 Å². The first kappa shape index (κ1) is 11.5. The molecule has 1 amide bonds. The lowest BCUT2D eigenvalue weighted by Crippen LogP contribution is -2.60. The Hall–Kier alpha value is -0.620. The summed E-state index contributed by atoms with van der Waals surface area (Å²) in [6.45, 7) is 0. The standard InChI is InChI=1S/C8H16N2O3S/c1-10-8(7(9)11)5-3-4-6(8)14(2,12)13/h6,10H,3-5H2,1-2H3,(H2,9,11). The summed E-state index contributed by atoms with van der Waals surface area (Å²) in [6, 6.07) is 0. The molecule has 0 radical (unpaired) electrons. The van der Waals surface area contributed by atoms with Crippen LogP contribution in [0.5, 0.6) is 0 Å². The maximum atomic E-state index is 11.5. The number of amides is 1. The van der Waals surface area contributed by atoms with Gasteiger partial charge < -0.3 is 11.1 Å². The minimum Gasteiger partial charge on any atom is -0.368 e. The zero-order valence-corrected chi connectivity index (χ0v) is 9.23. The van der Waals surface area contributed by atoms with Gasteiger partial charge in [0.2, 0.25) is 5.91 Å². The zero-order valence-electron chi connectivity index (χ0n) is 8.41. The van der Waals surface area contributed by atoms with Crippen LogP contribution in [-0.4, -0.2) is 38.4 Å². The molecule has 5 nitrogen and oxygen atoms in total. The number of carbonyl (C=O) groups is 1. The van der Waals surface area contributed by atoms with Gasteiger partial charge in [-0.05, 0) is 26.3 Å². The number of likely N-dealkylation sites (N-methyl/N-ethyl adjacent to an activating group) is 1. The number of nitrogens with one attached hydrogen (secondary N) is 1. The summed E-state index contributed by atoms with van der Waals surface area (Å²) in [5.41, 5.74) is 4.20. The van der Waals surface area contributed by atoms with Crippen molar-refractivity contribution >= 4 is 15.7 Å². The molecule has 0 bridgehead atoms. The topological polar surface area (TPSA) is 89.3 Å². The first-order valence-electron chi connectivity index (χ1n) is 4.52. The Morgan fingerprint density at radius 1 is 1.57 bits per heavy atom. The second-order valence-corrected chi connectivity index (χ2v) is 6.02. The summed E-state index contributed by atoms with van der Waals surface area (Å²) in [6.07, 6.45) is 2.86. The van der Waals surface area contributed by atoms with Crippen LogP contribution in [0.1, 0.15) is 19.3 Å². The summed E-state index contributed by atoms with van der Waals surface area (Å²) in [7, 11) is -1.65. The van der Waals surface area contributed by atoms with Crippen molar-refractivity contribution in [2.24, 2.45) is 5.73 Å². The molecular formula is C8H16N2O3S. The van der Waals surface area contributed by atoms with Gasteiger partial charge in [0.25, 0.3) is 0 Å². The fourth-order valence-corrected chi connectivity index (χ4v) is 3.92. The summed E-state index contributed by atoms with van der Waals surface area (Å²) < 4.78 is 22.9. The number of hydrogen-bond donors (Lipinski definition) is 2. The third-order valence-corrected chi connectivity index (χ3v) is 4.66. The first-order chi connectivity index (χ1) is 6.34. The molecule has 0 heterocycles. The number of nitrogens with two attached hydrogens (primary N) is 1. The van der Waals surface area contributed by atoms with Crippen LogP contribution >= 0.6 is 0 Å². The quantitative estimate of drug-likeness (QED) is 0.640. The fourth-order valence-electron chi connectivity index (χ4n) is 2.24. The predicted octanol–water partition coefficient (Wildman–Crippen LogP) is -0.973. The molecule has 14 heavy (non-hydrogen) atoms. The van der Waals surface area contributed by atoms with Crippen molar-refractivity contribution in [2.45, 2.75) is 30.1 Å². The highest BCUT2D eigenvalue weighted by molar-refractivity contribution is 7.91. The highest BCUT2D eigenvalue weighted by Gasteiger charge is 2.51. The highest BCUT2D eigenvalue weighted by Crippen LogP contribution is 2.34. The van der Waals surface area contributed by atoms with Crippen LogP contribution in [-0.2, 0) is 14.6 Å².